The summed E-state index contributed by atoms with van der Waals surface area (Å²) >= 11 is 0. The smallest absolute Gasteiger partial charge is 0.339 e. The van der Waals surface area contributed by atoms with Gasteiger partial charge in [0.05, 0.1) is 17.6 Å². The molecule has 0 unspecified atom stereocenters. The molecular formula is C13H17NO6S. The lowest BCUT2D eigenvalue weighted by molar-refractivity contribution is -0.137. The summed E-state index contributed by atoms with van der Waals surface area (Å²) in [6, 6.07) is 4.95. The van der Waals surface area contributed by atoms with Gasteiger partial charge in [0.15, 0.2) is 0 Å². The van der Waals surface area contributed by atoms with Crippen molar-refractivity contribution in [3.05, 3.63) is 29.8 Å². The molecule has 0 aromatic heterocycles. The lowest BCUT2D eigenvalue weighted by Gasteiger charge is -2.24. The second kappa shape index (κ2) is 6.68. The van der Waals surface area contributed by atoms with Gasteiger partial charge in [0.1, 0.15) is 6.54 Å². The zero-order chi connectivity index (χ0) is 16.2. The number of ether oxygens (including phenoxy) is 1. The van der Waals surface area contributed by atoms with Crippen molar-refractivity contribution < 1.29 is 27.9 Å². The van der Waals surface area contributed by atoms with Crippen molar-refractivity contribution in [1.82, 2.24) is 4.31 Å². The van der Waals surface area contributed by atoms with E-state index < -0.39 is 34.5 Å². The zero-order valence-electron chi connectivity index (χ0n) is 11.9. The molecule has 1 rings (SSSR count). The Morgan fingerprint density at radius 2 is 1.86 bits per heavy atom. The number of hydrogen-bond donors (Lipinski definition) is 1. The number of rotatable bonds is 6. The van der Waals surface area contributed by atoms with Crippen LogP contribution in [0.1, 0.15) is 24.2 Å². The molecule has 0 radical (unpaired) electrons. The summed E-state index contributed by atoms with van der Waals surface area (Å²) in [6.07, 6.45) is 0. The predicted molar refractivity (Wildman–Crippen MR) is 74.4 cm³/mol. The molecule has 0 heterocycles. The summed E-state index contributed by atoms with van der Waals surface area (Å²) in [4.78, 5) is 22.3. The lowest BCUT2D eigenvalue weighted by Crippen LogP contribution is -2.41. The number of aliphatic carboxylic acids is 1. The Kier molecular flexibility index (Phi) is 5.45. The van der Waals surface area contributed by atoms with Gasteiger partial charge in [0.2, 0.25) is 10.0 Å². The van der Waals surface area contributed by atoms with E-state index in [0.29, 0.717) is 0 Å². The number of carbonyl (C=O) groups is 2. The molecule has 0 spiro atoms. The van der Waals surface area contributed by atoms with Crippen LogP contribution in [0.5, 0.6) is 0 Å². The van der Waals surface area contributed by atoms with Crippen LogP contribution >= 0.6 is 0 Å². The normalized spacial score (nSPS) is 11.7. The van der Waals surface area contributed by atoms with Gasteiger partial charge in [-0.1, -0.05) is 12.1 Å². The van der Waals surface area contributed by atoms with Crippen LogP contribution in [0.25, 0.3) is 0 Å². The van der Waals surface area contributed by atoms with Gasteiger partial charge in [0.25, 0.3) is 0 Å². The number of carboxylic acid groups (broad SMARTS) is 1. The van der Waals surface area contributed by atoms with E-state index >= 15 is 0 Å². The molecule has 0 bridgehead atoms. The number of carboxylic acids is 1. The molecule has 1 aromatic carbocycles. The molecule has 1 N–H and O–H groups in total. The topological polar surface area (TPSA) is 101 Å². The van der Waals surface area contributed by atoms with Crippen molar-refractivity contribution in [3.63, 3.8) is 0 Å². The van der Waals surface area contributed by atoms with Crippen molar-refractivity contribution in [2.45, 2.75) is 24.8 Å². The molecule has 0 aliphatic carbocycles. The molecule has 116 valence electrons. The largest absolute Gasteiger partial charge is 0.480 e. The Balaban J connectivity index is 3.42. The molecular weight excluding hydrogens is 298 g/mol. The van der Waals surface area contributed by atoms with E-state index in [-0.39, 0.29) is 10.5 Å². The van der Waals surface area contributed by atoms with Crippen molar-refractivity contribution in [2.24, 2.45) is 0 Å². The molecule has 7 nitrogen and oxygen atoms in total. The minimum atomic E-state index is -4.13. The van der Waals surface area contributed by atoms with Crippen LogP contribution < -0.4 is 0 Å². The van der Waals surface area contributed by atoms with Crippen LogP contribution in [-0.4, -0.2) is 49.5 Å². The average molecular weight is 315 g/mol. The standard InChI is InChI=1S/C13H17NO6S/c1-9(2)14(8-12(15)16)21(18,19)11-7-5-4-6-10(11)13(17)20-3/h4-7,9H,8H2,1-3H3,(H,15,16). The third kappa shape index (κ3) is 3.79. The van der Waals surface area contributed by atoms with E-state index in [1.807, 2.05) is 0 Å². The third-order valence-corrected chi connectivity index (χ3v) is 4.83. The fourth-order valence-corrected chi connectivity index (χ4v) is 3.54. The van der Waals surface area contributed by atoms with E-state index in [9.17, 15) is 18.0 Å². The summed E-state index contributed by atoms with van der Waals surface area (Å²) in [5.74, 6) is -2.07. The number of benzene rings is 1. The van der Waals surface area contributed by atoms with Crippen LogP contribution in [0.3, 0.4) is 0 Å². The molecule has 8 heteroatoms. The molecule has 0 fully saturated rings. The van der Waals surface area contributed by atoms with E-state index in [4.69, 9.17) is 5.11 Å². The molecule has 1 aromatic rings. The van der Waals surface area contributed by atoms with Crippen LogP contribution in [0.4, 0.5) is 0 Å². The SMILES string of the molecule is COC(=O)c1ccccc1S(=O)(=O)N(CC(=O)O)C(C)C. The molecule has 21 heavy (non-hydrogen) atoms. The first-order valence-corrected chi connectivity index (χ1v) is 7.56. The van der Waals surface area contributed by atoms with Crippen molar-refractivity contribution in [3.8, 4) is 0 Å². The summed E-state index contributed by atoms with van der Waals surface area (Å²) < 4.78 is 30.6. The Labute approximate surface area is 123 Å². The molecule has 0 aliphatic heterocycles. The molecule has 0 atom stereocenters. The van der Waals surface area contributed by atoms with E-state index in [1.54, 1.807) is 13.8 Å². The van der Waals surface area contributed by atoms with Gasteiger partial charge >= 0.3 is 11.9 Å². The number of esters is 1. The maximum absolute atomic E-state index is 12.6. The third-order valence-electron chi connectivity index (χ3n) is 2.75. The number of methoxy groups -OCH3 is 1. The van der Waals surface area contributed by atoms with Crippen molar-refractivity contribution in [1.29, 1.82) is 0 Å². The minimum absolute atomic E-state index is 0.129. The molecule has 0 saturated carbocycles. The zero-order valence-corrected chi connectivity index (χ0v) is 12.8. The minimum Gasteiger partial charge on any atom is -0.480 e. The van der Waals surface area contributed by atoms with Gasteiger partial charge in [-0.05, 0) is 26.0 Å². The molecule has 0 aliphatic rings. The first-order valence-electron chi connectivity index (χ1n) is 6.12. The highest BCUT2D eigenvalue weighted by Crippen LogP contribution is 2.22. The van der Waals surface area contributed by atoms with Gasteiger partial charge in [-0.15, -0.1) is 0 Å². The highest BCUT2D eigenvalue weighted by atomic mass is 32.2. The number of hydrogen-bond acceptors (Lipinski definition) is 5. The average Bonchev–Trinajstić information content (AvgIpc) is 2.43. The lowest BCUT2D eigenvalue weighted by atomic mass is 10.2. The number of carbonyl (C=O) groups excluding carboxylic acids is 1. The van der Waals surface area contributed by atoms with E-state index in [1.165, 1.54) is 24.3 Å². The first kappa shape index (κ1) is 17.1. The van der Waals surface area contributed by atoms with E-state index in [0.717, 1.165) is 11.4 Å². The summed E-state index contributed by atoms with van der Waals surface area (Å²) in [6.45, 7) is 2.43. The molecule has 0 saturated heterocycles. The highest BCUT2D eigenvalue weighted by Gasteiger charge is 2.32. The maximum atomic E-state index is 12.6. The maximum Gasteiger partial charge on any atom is 0.339 e. The Morgan fingerprint density at radius 3 is 2.33 bits per heavy atom. The van der Waals surface area contributed by atoms with Gasteiger partial charge in [-0.25, -0.2) is 13.2 Å². The van der Waals surface area contributed by atoms with Crippen molar-refractivity contribution >= 4 is 22.0 Å². The van der Waals surface area contributed by atoms with Gasteiger partial charge in [-0.2, -0.15) is 4.31 Å². The quantitative estimate of drug-likeness (QED) is 0.785. The van der Waals surface area contributed by atoms with Gasteiger partial charge < -0.3 is 9.84 Å². The van der Waals surface area contributed by atoms with Crippen LogP contribution in [0.2, 0.25) is 0 Å². The summed E-state index contributed by atoms with van der Waals surface area (Å²) in [5, 5.41) is 8.87. The van der Waals surface area contributed by atoms with Crippen LogP contribution in [0, 0.1) is 0 Å². The van der Waals surface area contributed by atoms with Crippen molar-refractivity contribution in [2.75, 3.05) is 13.7 Å². The van der Waals surface area contributed by atoms with Crippen LogP contribution in [0.15, 0.2) is 29.2 Å². The highest BCUT2D eigenvalue weighted by molar-refractivity contribution is 7.89. The van der Waals surface area contributed by atoms with Gasteiger partial charge in [0, 0.05) is 6.04 Å². The monoisotopic (exact) mass is 315 g/mol. The fraction of sp³-hybridized carbons (Fsp3) is 0.385. The fourth-order valence-electron chi connectivity index (χ4n) is 1.77. The summed E-state index contributed by atoms with van der Waals surface area (Å²) in [7, 11) is -2.99. The van der Waals surface area contributed by atoms with Gasteiger partial charge in [-0.3, -0.25) is 4.79 Å². The van der Waals surface area contributed by atoms with Crippen LogP contribution in [-0.2, 0) is 19.6 Å². The number of sulfonamides is 1. The number of nitrogens with zero attached hydrogens (tertiary/aromatic N) is 1. The van der Waals surface area contributed by atoms with E-state index in [2.05, 4.69) is 4.74 Å². The Morgan fingerprint density at radius 1 is 1.29 bits per heavy atom. The Hall–Kier alpha value is -1.93. The second-order valence-electron chi connectivity index (χ2n) is 4.53. The Bertz CT molecular complexity index is 638. The predicted octanol–water partition coefficient (Wildman–Crippen LogP) is 0.957. The summed E-state index contributed by atoms with van der Waals surface area (Å²) in [5.41, 5.74) is -0.129. The first-order chi connectivity index (χ1) is 9.71. The second-order valence-corrected chi connectivity index (χ2v) is 6.38. The molecule has 0 amide bonds.